The van der Waals surface area contributed by atoms with Gasteiger partial charge in [-0.3, -0.25) is 14.5 Å². The summed E-state index contributed by atoms with van der Waals surface area (Å²) in [5.74, 6) is 0.366. The molecule has 2 aromatic rings. The maximum atomic E-state index is 12.9. The second kappa shape index (κ2) is 6.67. The van der Waals surface area contributed by atoms with Crippen LogP contribution in [-0.4, -0.2) is 29.2 Å². The number of urea groups is 1. The van der Waals surface area contributed by atoms with Crippen LogP contribution in [0.5, 0.6) is 5.75 Å². The molecule has 1 N–H and O–H groups in total. The number of Topliss-reactive ketones (excluding diaryl/α,β-unsaturated/α-hetero) is 1. The maximum absolute atomic E-state index is 12.9. The lowest BCUT2D eigenvalue weighted by atomic mass is 9.99. The zero-order valence-electron chi connectivity index (χ0n) is 14.9. The highest BCUT2D eigenvalue weighted by molar-refractivity contribution is 6.06. The van der Waals surface area contributed by atoms with Crippen LogP contribution in [0.4, 0.5) is 4.79 Å². The van der Waals surface area contributed by atoms with Crippen molar-refractivity contribution >= 4 is 17.7 Å². The normalized spacial score (nSPS) is 19.6. The molecule has 3 amide bonds. The Morgan fingerprint density at radius 2 is 2.08 bits per heavy atom. The number of rotatable bonds is 6. The molecule has 136 valence electrons. The van der Waals surface area contributed by atoms with Gasteiger partial charge in [-0.15, -0.1) is 0 Å². The van der Waals surface area contributed by atoms with Gasteiger partial charge in [0.05, 0.1) is 19.4 Å². The van der Waals surface area contributed by atoms with Gasteiger partial charge >= 0.3 is 6.03 Å². The number of amides is 3. The van der Waals surface area contributed by atoms with Crippen LogP contribution in [-0.2, 0) is 16.9 Å². The van der Waals surface area contributed by atoms with Gasteiger partial charge in [-0.25, -0.2) is 4.79 Å². The van der Waals surface area contributed by atoms with Gasteiger partial charge in [0.25, 0.3) is 5.91 Å². The van der Waals surface area contributed by atoms with Crippen molar-refractivity contribution in [3.63, 3.8) is 0 Å². The van der Waals surface area contributed by atoms with Gasteiger partial charge in [-0.2, -0.15) is 0 Å². The van der Waals surface area contributed by atoms with Crippen molar-refractivity contribution in [2.24, 2.45) is 0 Å². The Morgan fingerprint density at radius 3 is 2.69 bits per heavy atom. The fraction of sp³-hybridized carbons (Fsp3) is 0.316. The van der Waals surface area contributed by atoms with Crippen molar-refractivity contribution in [1.29, 1.82) is 0 Å². The molecule has 0 unspecified atom stereocenters. The lowest BCUT2D eigenvalue weighted by Gasteiger charge is -2.20. The van der Waals surface area contributed by atoms with Crippen LogP contribution < -0.4 is 10.1 Å². The summed E-state index contributed by atoms with van der Waals surface area (Å²) in [6, 6.07) is 7.77. The zero-order chi connectivity index (χ0) is 18.9. The molecule has 0 radical (unpaired) electrons. The summed E-state index contributed by atoms with van der Waals surface area (Å²) in [6.45, 7) is 5.32. The van der Waals surface area contributed by atoms with E-state index in [-0.39, 0.29) is 12.3 Å². The molecule has 0 bridgehead atoms. The Bertz CT molecular complexity index is 859. The van der Waals surface area contributed by atoms with E-state index in [1.165, 1.54) is 13.2 Å². The summed E-state index contributed by atoms with van der Waals surface area (Å²) >= 11 is 0. The third kappa shape index (κ3) is 2.96. The number of carbonyl (C=O) groups is 3. The van der Waals surface area contributed by atoms with Crippen molar-refractivity contribution in [3.05, 3.63) is 53.5 Å². The molecular weight excluding hydrogens is 336 g/mol. The molecule has 1 aromatic carbocycles. The zero-order valence-corrected chi connectivity index (χ0v) is 14.9. The molecular formula is C19H20N2O5. The van der Waals surface area contributed by atoms with Crippen LogP contribution in [0, 0.1) is 0 Å². The summed E-state index contributed by atoms with van der Waals surface area (Å²) < 4.78 is 10.9. The van der Waals surface area contributed by atoms with Gasteiger partial charge in [0.2, 0.25) is 0 Å². The van der Waals surface area contributed by atoms with Gasteiger partial charge in [0.1, 0.15) is 11.5 Å². The molecule has 0 aliphatic carbocycles. The number of hydrogen-bond donors (Lipinski definition) is 1. The average molecular weight is 356 g/mol. The molecule has 0 spiro atoms. The third-order valence-corrected chi connectivity index (χ3v) is 4.38. The van der Waals surface area contributed by atoms with Crippen LogP contribution in [0.1, 0.15) is 42.5 Å². The maximum Gasteiger partial charge on any atom is 0.325 e. The first-order valence-electron chi connectivity index (χ1n) is 8.31. The smallest absolute Gasteiger partial charge is 0.325 e. The van der Waals surface area contributed by atoms with Crippen molar-refractivity contribution in [2.75, 3.05) is 6.61 Å². The van der Waals surface area contributed by atoms with Crippen LogP contribution in [0.25, 0.3) is 0 Å². The molecule has 1 aromatic heterocycles. The van der Waals surface area contributed by atoms with Crippen LogP contribution in [0.2, 0.25) is 0 Å². The van der Waals surface area contributed by atoms with E-state index in [2.05, 4.69) is 5.32 Å². The van der Waals surface area contributed by atoms with E-state index in [4.69, 9.17) is 9.15 Å². The number of nitrogens with zero attached hydrogens (tertiary/aromatic N) is 1. The molecule has 0 saturated carbocycles. The quantitative estimate of drug-likeness (QED) is 0.635. The number of furan rings is 1. The Hall–Kier alpha value is -3.09. The minimum atomic E-state index is -1.26. The van der Waals surface area contributed by atoms with Crippen molar-refractivity contribution in [3.8, 4) is 5.75 Å². The third-order valence-electron chi connectivity index (χ3n) is 4.38. The van der Waals surface area contributed by atoms with Gasteiger partial charge in [0, 0.05) is 11.1 Å². The van der Waals surface area contributed by atoms with Crippen molar-refractivity contribution < 1.29 is 23.5 Å². The van der Waals surface area contributed by atoms with E-state index in [0.29, 0.717) is 29.2 Å². The topological polar surface area (TPSA) is 88.8 Å². The van der Waals surface area contributed by atoms with Gasteiger partial charge in [-0.05, 0) is 51.1 Å². The highest BCUT2D eigenvalue weighted by atomic mass is 16.5. The monoisotopic (exact) mass is 356 g/mol. The second-order valence-electron chi connectivity index (χ2n) is 6.24. The minimum absolute atomic E-state index is 0.00256. The number of ketones is 1. The van der Waals surface area contributed by atoms with E-state index in [9.17, 15) is 14.4 Å². The van der Waals surface area contributed by atoms with Crippen LogP contribution in [0.3, 0.4) is 0 Å². The Balaban J connectivity index is 1.93. The van der Waals surface area contributed by atoms with Gasteiger partial charge in [0.15, 0.2) is 11.3 Å². The minimum Gasteiger partial charge on any atom is -0.494 e. The lowest BCUT2D eigenvalue weighted by Crippen LogP contribution is -2.40. The highest BCUT2D eigenvalue weighted by Crippen LogP contribution is 2.31. The SMILES string of the molecule is CCOc1ccc(C(C)=O)cc1CN1C(=O)N[C@](C)(c2ccco2)C1=O. The van der Waals surface area contributed by atoms with Crippen molar-refractivity contribution in [2.45, 2.75) is 32.9 Å². The summed E-state index contributed by atoms with van der Waals surface area (Å²) in [4.78, 5) is 38.1. The molecule has 1 atom stereocenters. The summed E-state index contributed by atoms with van der Waals surface area (Å²) in [5.41, 5.74) is -0.180. The van der Waals surface area contributed by atoms with Gasteiger partial charge < -0.3 is 14.5 Å². The molecule has 26 heavy (non-hydrogen) atoms. The Labute approximate surface area is 150 Å². The molecule has 2 heterocycles. The predicted octanol–water partition coefficient (Wildman–Crippen LogP) is 2.85. The summed E-state index contributed by atoms with van der Waals surface area (Å²) in [5, 5.41) is 2.68. The fourth-order valence-corrected chi connectivity index (χ4v) is 2.96. The van der Waals surface area contributed by atoms with Crippen LogP contribution in [0.15, 0.2) is 41.0 Å². The number of ether oxygens (including phenoxy) is 1. The highest BCUT2D eigenvalue weighted by Gasteiger charge is 2.51. The Morgan fingerprint density at radius 1 is 1.31 bits per heavy atom. The average Bonchev–Trinajstić information content (AvgIpc) is 3.21. The number of benzene rings is 1. The van der Waals surface area contributed by atoms with E-state index in [0.717, 1.165) is 4.90 Å². The lowest BCUT2D eigenvalue weighted by molar-refractivity contribution is -0.132. The fourth-order valence-electron chi connectivity index (χ4n) is 2.96. The summed E-state index contributed by atoms with van der Waals surface area (Å²) in [6.07, 6.45) is 1.45. The first kappa shape index (κ1) is 17.7. The number of hydrogen-bond acceptors (Lipinski definition) is 5. The standard InChI is InChI=1S/C19H20N2O5/c1-4-25-15-8-7-13(12(2)22)10-14(15)11-21-17(23)19(3,20-18(21)24)16-6-5-9-26-16/h5-10H,4,11H2,1-3H3,(H,20,24)/t19-/m1/s1. The molecule has 3 rings (SSSR count). The first-order valence-corrected chi connectivity index (χ1v) is 8.31. The van der Waals surface area contributed by atoms with Gasteiger partial charge in [-0.1, -0.05) is 0 Å². The number of nitrogens with one attached hydrogen (secondary N) is 1. The first-order chi connectivity index (χ1) is 12.4. The number of carbonyl (C=O) groups excluding carboxylic acids is 3. The van der Waals surface area contributed by atoms with E-state index in [1.807, 2.05) is 6.92 Å². The molecule has 7 heteroatoms. The van der Waals surface area contributed by atoms with E-state index in [1.54, 1.807) is 37.3 Å². The van der Waals surface area contributed by atoms with Crippen molar-refractivity contribution in [1.82, 2.24) is 10.2 Å². The van der Waals surface area contributed by atoms with Crippen LogP contribution >= 0.6 is 0 Å². The molecule has 1 fully saturated rings. The molecule has 7 nitrogen and oxygen atoms in total. The van der Waals surface area contributed by atoms with E-state index < -0.39 is 17.5 Å². The largest absolute Gasteiger partial charge is 0.494 e. The molecule has 1 aliphatic heterocycles. The molecule has 1 aliphatic rings. The summed E-state index contributed by atoms with van der Waals surface area (Å²) in [7, 11) is 0. The predicted molar refractivity (Wildman–Crippen MR) is 92.8 cm³/mol. The van der Waals surface area contributed by atoms with E-state index >= 15 is 0 Å². The number of imide groups is 1. The molecule has 1 saturated heterocycles. The Kier molecular flexibility index (Phi) is 4.54. The second-order valence-corrected chi connectivity index (χ2v) is 6.24.